The van der Waals surface area contributed by atoms with E-state index >= 15 is 0 Å². The SMILES string of the molecule is CC(O)c1ccccc1OC1CCN(C)CC1. The highest BCUT2D eigenvalue weighted by molar-refractivity contribution is 5.34. The van der Waals surface area contributed by atoms with Crippen LogP contribution in [0.5, 0.6) is 5.75 Å². The maximum atomic E-state index is 9.69. The Morgan fingerprint density at radius 3 is 2.59 bits per heavy atom. The van der Waals surface area contributed by atoms with Crippen LogP contribution >= 0.6 is 0 Å². The Labute approximate surface area is 103 Å². The molecule has 94 valence electrons. The quantitative estimate of drug-likeness (QED) is 0.872. The van der Waals surface area contributed by atoms with Gasteiger partial charge < -0.3 is 14.7 Å². The van der Waals surface area contributed by atoms with Crippen molar-refractivity contribution in [3.8, 4) is 5.75 Å². The molecule has 1 aliphatic heterocycles. The third-order valence-electron chi connectivity index (χ3n) is 3.33. The van der Waals surface area contributed by atoms with Gasteiger partial charge in [0, 0.05) is 18.7 Å². The number of benzene rings is 1. The van der Waals surface area contributed by atoms with Crippen molar-refractivity contribution in [3.63, 3.8) is 0 Å². The Morgan fingerprint density at radius 2 is 1.94 bits per heavy atom. The summed E-state index contributed by atoms with van der Waals surface area (Å²) in [6, 6.07) is 7.76. The first-order valence-corrected chi connectivity index (χ1v) is 6.29. The molecule has 1 heterocycles. The van der Waals surface area contributed by atoms with E-state index in [1.807, 2.05) is 24.3 Å². The van der Waals surface area contributed by atoms with Crippen molar-refractivity contribution < 1.29 is 9.84 Å². The predicted molar refractivity (Wildman–Crippen MR) is 68.2 cm³/mol. The Kier molecular flexibility index (Phi) is 4.02. The van der Waals surface area contributed by atoms with Crippen molar-refractivity contribution in [1.82, 2.24) is 4.90 Å². The van der Waals surface area contributed by atoms with Crippen LogP contribution in [0.3, 0.4) is 0 Å². The van der Waals surface area contributed by atoms with E-state index in [2.05, 4.69) is 11.9 Å². The number of likely N-dealkylation sites (tertiary alicyclic amines) is 1. The summed E-state index contributed by atoms with van der Waals surface area (Å²) in [5.41, 5.74) is 0.881. The largest absolute Gasteiger partial charge is 0.490 e. The first-order chi connectivity index (χ1) is 8.16. The molecule has 1 aromatic carbocycles. The Bertz CT molecular complexity index is 357. The Balaban J connectivity index is 2.03. The van der Waals surface area contributed by atoms with Crippen molar-refractivity contribution in [2.24, 2.45) is 0 Å². The van der Waals surface area contributed by atoms with Crippen molar-refractivity contribution >= 4 is 0 Å². The van der Waals surface area contributed by atoms with Crippen molar-refractivity contribution in [3.05, 3.63) is 29.8 Å². The molecule has 0 bridgehead atoms. The molecular formula is C14H21NO2. The van der Waals surface area contributed by atoms with E-state index in [4.69, 9.17) is 4.74 Å². The smallest absolute Gasteiger partial charge is 0.125 e. The first-order valence-electron chi connectivity index (χ1n) is 6.29. The third-order valence-corrected chi connectivity index (χ3v) is 3.33. The highest BCUT2D eigenvalue weighted by atomic mass is 16.5. The van der Waals surface area contributed by atoms with Gasteiger partial charge in [-0.25, -0.2) is 0 Å². The zero-order valence-electron chi connectivity index (χ0n) is 10.6. The minimum absolute atomic E-state index is 0.283. The Hall–Kier alpha value is -1.06. The number of aliphatic hydroxyl groups excluding tert-OH is 1. The van der Waals surface area contributed by atoms with Crippen LogP contribution < -0.4 is 4.74 Å². The highest BCUT2D eigenvalue weighted by Crippen LogP contribution is 2.27. The van der Waals surface area contributed by atoms with Crippen LogP contribution in [0.4, 0.5) is 0 Å². The summed E-state index contributed by atoms with van der Waals surface area (Å²) in [5.74, 6) is 0.831. The third kappa shape index (κ3) is 3.20. The molecule has 3 nitrogen and oxygen atoms in total. The fourth-order valence-corrected chi connectivity index (χ4v) is 2.22. The van der Waals surface area contributed by atoms with Crippen LogP contribution in [0.15, 0.2) is 24.3 Å². The van der Waals surface area contributed by atoms with Crippen LogP contribution in [0.2, 0.25) is 0 Å². The van der Waals surface area contributed by atoms with E-state index in [9.17, 15) is 5.11 Å². The fraction of sp³-hybridized carbons (Fsp3) is 0.571. The normalized spacial score (nSPS) is 20.2. The summed E-state index contributed by atoms with van der Waals surface area (Å²) >= 11 is 0. The van der Waals surface area contributed by atoms with Crippen LogP contribution in [0.1, 0.15) is 31.4 Å². The molecule has 0 aromatic heterocycles. The molecular weight excluding hydrogens is 214 g/mol. The average Bonchev–Trinajstić information content (AvgIpc) is 2.32. The van der Waals surface area contributed by atoms with Gasteiger partial charge in [-0.05, 0) is 32.9 Å². The molecule has 1 saturated heterocycles. The lowest BCUT2D eigenvalue weighted by molar-refractivity contribution is 0.108. The van der Waals surface area contributed by atoms with E-state index in [0.29, 0.717) is 0 Å². The van der Waals surface area contributed by atoms with Gasteiger partial charge >= 0.3 is 0 Å². The number of hydrogen-bond donors (Lipinski definition) is 1. The van der Waals surface area contributed by atoms with Crippen LogP contribution in [-0.4, -0.2) is 36.2 Å². The number of piperidine rings is 1. The standard InChI is InChI=1S/C14H21NO2/c1-11(16)13-5-3-4-6-14(13)17-12-7-9-15(2)10-8-12/h3-6,11-12,16H,7-10H2,1-2H3. The minimum atomic E-state index is -0.475. The van der Waals surface area contributed by atoms with E-state index in [0.717, 1.165) is 37.2 Å². The Morgan fingerprint density at radius 1 is 1.29 bits per heavy atom. The first kappa shape index (κ1) is 12.4. The summed E-state index contributed by atoms with van der Waals surface area (Å²) in [7, 11) is 2.14. The molecule has 0 amide bonds. The molecule has 1 unspecified atom stereocenters. The number of aliphatic hydroxyl groups is 1. The van der Waals surface area contributed by atoms with Gasteiger partial charge in [-0.3, -0.25) is 0 Å². The van der Waals surface area contributed by atoms with E-state index in [-0.39, 0.29) is 6.10 Å². The van der Waals surface area contributed by atoms with Gasteiger partial charge in [0.15, 0.2) is 0 Å². The second kappa shape index (κ2) is 5.52. The van der Waals surface area contributed by atoms with Crippen LogP contribution in [-0.2, 0) is 0 Å². The maximum Gasteiger partial charge on any atom is 0.125 e. The van der Waals surface area contributed by atoms with Gasteiger partial charge in [0.2, 0.25) is 0 Å². The summed E-state index contributed by atoms with van der Waals surface area (Å²) in [5, 5.41) is 9.69. The molecule has 0 aliphatic carbocycles. The molecule has 0 radical (unpaired) electrons. The van der Waals surface area contributed by atoms with Crippen LogP contribution in [0.25, 0.3) is 0 Å². The van der Waals surface area contributed by atoms with Gasteiger partial charge in [0.05, 0.1) is 6.10 Å². The lowest BCUT2D eigenvalue weighted by Gasteiger charge is -2.30. The number of para-hydroxylation sites is 1. The second-order valence-electron chi connectivity index (χ2n) is 4.83. The van der Waals surface area contributed by atoms with E-state index in [1.165, 1.54) is 0 Å². The number of ether oxygens (including phenoxy) is 1. The van der Waals surface area contributed by atoms with E-state index in [1.54, 1.807) is 6.92 Å². The lowest BCUT2D eigenvalue weighted by Crippen LogP contribution is -2.35. The van der Waals surface area contributed by atoms with Crippen molar-refractivity contribution in [2.45, 2.75) is 32.0 Å². The van der Waals surface area contributed by atoms with Crippen molar-refractivity contribution in [1.29, 1.82) is 0 Å². The summed E-state index contributed by atoms with van der Waals surface area (Å²) in [6.45, 7) is 3.94. The average molecular weight is 235 g/mol. The zero-order chi connectivity index (χ0) is 12.3. The molecule has 1 atom stereocenters. The minimum Gasteiger partial charge on any atom is -0.490 e. The molecule has 1 aliphatic rings. The summed E-state index contributed by atoms with van der Waals surface area (Å²) in [6.07, 6.45) is 1.93. The predicted octanol–water partition coefficient (Wildman–Crippen LogP) is 2.21. The molecule has 3 heteroatoms. The molecule has 1 fully saturated rings. The molecule has 0 saturated carbocycles. The number of hydrogen-bond acceptors (Lipinski definition) is 3. The van der Waals surface area contributed by atoms with E-state index < -0.39 is 6.10 Å². The lowest BCUT2D eigenvalue weighted by atomic mass is 10.1. The fourth-order valence-electron chi connectivity index (χ4n) is 2.22. The molecule has 17 heavy (non-hydrogen) atoms. The van der Waals surface area contributed by atoms with Gasteiger partial charge in [-0.2, -0.15) is 0 Å². The topological polar surface area (TPSA) is 32.7 Å². The number of nitrogens with zero attached hydrogens (tertiary/aromatic N) is 1. The van der Waals surface area contributed by atoms with Gasteiger partial charge in [-0.1, -0.05) is 18.2 Å². The monoisotopic (exact) mass is 235 g/mol. The maximum absolute atomic E-state index is 9.69. The summed E-state index contributed by atoms with van der Waals surface area (Å²) < 4.78 is 6.01. The van der Waals surface area contributed by atoms with Crippen LogP contribution in [0, 0.1) is 0 Å². The molecule has 0 spiro atoms. The molecule has 2 rings (SSSR count). The number of rotatable bonds is 3. The van der Waals surface area contributed by atoms with Crippen molar-refractivity contribution in [2.75, 3.05) is 20.1 Å². The highest BCUT2D eigenvalue weighted by Gasteiger charge is 2.19. The zero-order valence-corrected chi connectivity index (χ0v) is 10.6. The van der Waals surface area contributed by atoms with Gasteiger partial charge in [0.25, 0.3) is 0 Å². The van der Waals surface area contributed by atoms with Gasteiger partial charge in [-0.15, -0.1) is 0 Å². The summed E-state index contributed by atoms with van der Waals surface area (Å²) in [4.78, 5) is 2.32. The molecule has 1 N–H and O–H groups in total. The molecule has 1 aromatic rings. The van der Waals surface area contributed by atoms with Gasteiger partial charge in [0.1, 0.15) is 11.9 Å². The second-order valence-corrected chi connectivity index (χ2v) is 4.83.